The second kappa shape index (κ2) is 18.3. The van der Waals surface area contributed by atoms with Gasteiger partial charge in [-0.25, -0.2) is 9.59 Å². The number of nitrogens with one attached hydrogen (secondary N) is 2. The third-order valence-electron chi connectivity index (χ3n) is 10.2. The van der Waals surface area contributed by atoms with Crippen LogP contribution in [0, 0.1) is 0 Å². The predicted molar refractivity (Wildman–Crippen MR) is 237 cm³/mol. The highest BCUT2D eigenvalue weighted by Crippen LogP contribution is 2.39. The topological polar surface area (TPSA) is 134 Å². The Labute approximate surface area is 349 Å². The zero-order chi connectivity index (χ0) is 42.3. The summed E-state index contributed by atoms with van der Waals surface area (Å²) in [4.78, 5) is 54.4. The maximum atomic E-state index is 13.4. The summed E-state index contributed by atoms with van der Waals surface area (Å²) in [7, 11) is 4.02. The van der Waals surface area contributed by atoms with Crippen molar-refractivity contribution in [2.24, 2.45) is 0 Å². The Morgan fingerprint density at radius 2 is 1.28 bits per heavy atom. The molecular weight excluding hydrogens is 774 g/mol. The molecule has 0 aromatic heterocycles. The number of carbonyl (C=O) groups excluding carboxylic acids is 3. The van der Waals surface area contributed by atoms with Crippen molar-refractivity contribution >= 4 is 65.4 Å². The fraction of sp³-hybridized carbons (Fsp3) is 0.143. The molecule has 0 saturated carbocycles. The van der Waals surface area contributed by atoms with Crippen molar-refractivity contribution in [2.45, 2.75) is 12.8 Å². The van der Waals surface area contributed by atoms with Gasteiger partial charge in [-0.15, -0.1) is 0 Å². The van der Waals surface area contributed by atoms with Crippen LogP contribution in [0.4, 0.5) is 5.69 Å². The van der Waals surface area contributed by atoms with Crippen molar-refractivity contribution in [2.75, 3.05) is 39.2 Å². The molecule has 7 rings (SSSR count). The lowest BCUT2D eigenvalue weighted by atomic mass is 9.88. The van der Waals surface area contributed by atoms with Gasteiger partial charge in [0.05, 0.1) is 18.2 Å². The number of aromatic carboxylic acids is 1. The van der Waals surface area contributed by atoms with Gasteiger partial charge >= 0.3 is 11.9 Å². The fourth-order valence-corrected chi connectivity index (χ4v) is 9.62. The summed E-state index contributed by atoms with van der Waals surface area (Å²) in [5.41, 5.74) is 3.82. The number of rotatable bonds is 14. The molecule has 0 saturated heterocycles. The van der Waals surface area contributed by atoms with E-state index in [1.807, 2.05) is 116 Å². The number of benzene rings is 6. The van der Waals surface area contributed by atoms with Gasteiger partial charge in [0.2, 0.25) is 0 Å². The lowest BCUT2D eigenvalue weighted by Gasteiger charge is -2.24. The Bertz CT molecular complexity index is 2680. The van der Waals surface area contributed by atoms with Gasteiger partial charge in [0, 0.05) is 71.7 Å². The second-order valence-electron chi connectivity index (χ2n) is 14.4. The van der Waals surface area contributed by atoms with Crippen LogP contribution in [0.5, 0.6) is 11.5 Å². The Balaban J connectivity index is 1.02. The molecular formula is C49H44N3O7P. The standard InChI is InChI=1S/C49H44N3O7P/c1-31-17-21-38-42(27-31)59-43-30-34(52(2)3)20-24-39(43)45(38)37-22-18-32(28-41(37)48(55)56)46(53)50-25-11-12-26-51-47(54)33-19-23-40(49(57)58-4)44(29-33)60(35-13-7-5-8-14-35)36-15-9-6-10-16-36/h5-10,13-24,27-30H,1,11-12,25-26H2,2-4H3,(H,50,53)(H,51,54)(H,55,56). The van der Waals surface area contributed by atoms with E-state index in [0.29, 0.717) is 59.7 Å². The molecule has 1 aliphatic rings. The molecule has 0 atom stereocenters. The molecule has 11 heteroatoms. The van der Waals surface area contributed by atoms with Gasteiger partial charge in [-0.2, -0.15) is 0 Å². The number of carbonyl (C=O) groups is 4. The smallest absolute Gasteiger partial charge is 0.338 e. The molecule has 6 aromatic rings. The molecule has 3 N–H and O–H groups in total. The van der Waals surface area contributed by atoms with Crippen molar-refractivity contribution < 1.29 is 33.8 Å². The molecule has 0 spiro atoms. The number of anilines is 1. The first-order valence-corrected chi connectivity index (χ1v) is 20.8. The van der Waals surface area contributed by atoms with E-state index >= 15 is 0 Å². The number of hydrogen-bond acceptors (Lipinski definition) is 7. The number of carboxylic acids is 1. The third kappa shape index (κ3) is 8.84. The summed E-state index contributed by atoms with van der Waals surface area (Å²) < 4.78 is 11.4. The summed E-state index contributed by atoms with van der Waals surface area (Å²) in [5.74, 6) is -1.18. The Kier molecular flexibility index (Phi) is 12.5. The van der Waals surface area contributed by atoms with Crippen molar-refractivity contribution in [3.63, 3.8) is 0 Å². The minimum Gasteiger partial charge on any atom is -0.478 e. The molecule has 6 aromatic carbocycles. The fourth-order valence-electron chi connectivity index (χ4n) is 7.15. The average Bonchev–Trinajstić information content (AvgIpc) is 3.26. The van der Waals surface area contributed by atoms with Gasteiger partial charge in [-0.05, 0) is 90.7 Å². The quantitative estimate of drug-likeness (QED) is 0.0724. The highest BCUT2D eigenvalue weighted by atomic mass is 31.1. The molecule has 1 aliphatic heterocycles. The van der Waals surface area contributed by atoms with Gasteiger partial charge in [0.15, 0.2) is 0 Å². The van der Waals surface area contributed by atoms with E-state index in [2.05, 4.69) is 17.2 Å². The van der Waals surface area contributed by atoms with Gasteiger partial charge in [0.25, 0.3) is 11.8 Å². The second-order valence-corrected chi connectivity index (χ2v) is 16.6. The van der Waals surface area contributed by atoms with Crippen LogP contribution in [0.2, 0.25) is 0 Å². The summed E-state index contributed by atoms with van der Waals surface area (Å²) in [6.07, 6.45) is 1.13. The number of hydrogen-bond donors (Lipinski definition) is 3. The SMILES string of the molecule is C=c1ccc2c(c1)Oc1cc(N(C)C)ccc1C=2c1ccc(C(=O)NCCCCNC(=O)c2ccc(C(=O)OC)c(P(c3ccccc3)c3ccccc3)c2)cc1C(=O)O. The zero-order valence-electron chi connectivity index (χ0n) is 33.5. The number of methoxy groups -OCH3 is 1. The van der Waals surface area contributed by atoms with Crippen LogP contribution in [0.1, 0.15) is 65.4 Å². The number of carboxylic acid groups (broad SMARTS) is 1. The molecule has 60 heavy (non-hydrogen) atoms. The number of fused-ring (bicyclic) bond motifs is 2. The molecule has 0 radical (unpaired) electrons. The maximum absolute atomic E-state index is 13.4. The van der Waals surface area contributed by atoms with Crippen LogP contribution in [0.15, 0.2) is 133 Å². The van der Waals surface area contributed by atoms with E-state index in [4.69, 9.17) is 9.47 Å². The number of unbranched alkanes of at least 4 members (excludes halogenated alkanes) is 1. The van der Waals surface area contributed by atoms with Crippen molar-refractivity contribution in [3.05, 3.63) is 177 Å². The largest absolute Gasteiger partial charge is 0.478 e. The molecule has 10 nitrogen and oxygen atoms in total. The van der Waals surface area contributed by atoms with Crippen LogP contribution in [0.25, 0.3) is 12.2 Å². The average molecular weight is 818 g/mol. The van der Waals surface area contributed by atoms with Crippen molar-refractivity contribution in [3.8, 4) is 11.5 Å². The zero-order valence-corrected chi connectivity index (χ0v) is 34.4. The number of nitrogens with zero attached hydrogens (tertiary/aromatic N) is 1. The van der Waals surface area contributed by atoms with E-state index in [0.717, 1.165) is 37.6 Å². The summed E-state index contributed by atoms with van der Waals surface area (Å²) >= 11 is 0. The van der Waals surface area contributed by atoms with E-state index in [9.17, 15) is 24.3 Å². The van der Waals surface area contributed by atoms with Crippen LogP contribution in [0.3, 0.4) is 0 Å². The first-order chi connectivity index (χ1) is 29.0. The summed E-state index contributed by atoms with van der Waals surface area (Å²) in [5, 5.41) is 20.5. The van der Waals surface area contributed by atoms with Crippen LogP contribution in [-0.4, -0.2) is 63.2 Å². The van der Waals surface area contributed by atoms with Crippen molar-refractivity contribution in [1.82, 2.24) is 10.6 Å². The van der Waals surface area contributed by atoms with E-state index in [1.165, 1.54) is 13.2 Å². The molecule has 0 unspecified atom stereocenters. The van der Waals surface area contributed by atoms with Gasteiger partial charge in [-0.3, -0.25) is 9.59 Å². The number of ether oxygens (including phenoxy) is 2. The third-order valence-corrected chi connectivity index (χ3v) is 12.7. The number of esters is 1. The van der Waals surface area contributed by atoms with Crippen molar-refractivity contribution in [1.29, 1.82) is 0 Å². The predicted octanol–water partition coefficient (Wildman–Crippen LogP) is 5.70. The molecule has 0 fully saturated rings. The molecule has 1 heterocycles. The first kappa shape index (κ1) is 41.1. The molecule has 302 valence electrons. The molecule has 2 amide bonds. The number of amides is 2. The van der Waals surface area contributed by atoms with Crippen LogP contribution in [-0.2, 0) is 4.74 Å². The summed E-state index contributed by atoms with van der Waals surface area (Å²) in [6, 6.07) is 40.9. The highest BCUT2D eigenvalue weighted by Gasteiger charge is 2.27. The van der Waals surface area contributed by atoms with Crippen LogP contribution >= 0.6 is 7.92 Å². The Morgan fingerprint density at radius 1 is 0.683 bits per heavy atom. The highest BCUT2D eigenvalue weighted by molar-refractivity contribution is 7.80. The van der Waals surface area contributed by atoms with E-state index < -0.39 is 25.8 Å². The molecule has 0 aliphatic carbocycles. The van der Waals surface area contributed by atoms with Gasteiger partial charge in [-0.1, -0.05) is 85.4 Å². The maximum Gasteiger partial charge on any atom is 0.338 e. The van der Waals surface area contributed by atoms with E-state index in [1.54, 1.807) is 30.3 Å². The monoisotopic (exact) mass is 817 g/mol. The van der Waals surface area contributed by atoms with Crippen LogP contribution < -0.4 is 46.6 Å². The minimum atomic E-state index is -1.19. The lowest BCUT2D eigenvalue weighted by molar-refractivity contribution is 0.0600. The normalized spacial score (nSPS) is 11.5. The van der Waals surface area contributed by atoms with Gasteiger partial charge in [0.1, 0.15) is 11.5 Å². The Hall–Kier alpha value is -7.03. The lowest BCUT2D eigenvalue weighted by Crippen LogP contribution is -2.30. The molecule has 0 bridgehead atoms. The first-order valence-electron chi connectivity index (χ1n) is 19.4. The Morgan fingerprint density at radius 3 is 1.88 bits per heavy atom. The van der Waals surface area contributed by atoms with Gasteiger partial charge < -0.3 is 30.1 Å². The van der Waals surface area contributed by atoms with E-state index in [-0.39, 0.29) is 17.0 Å². The minimum absolute atomic E-state index is 0.0163. The summed E-state index contributed by atoms with van der Waals surface area (Å²) in [6.45, 7) is 4.70.